The van der Waals surface area contributed by atoms with E-state index in [1.807, 2.05) is 0 Å². The van der Waals surface area contributed by atoms with Crippen LogP contribution in [0.25, 0.3) is 0 Å². The van der Waals surface area contributed by atoms with Crippen LogP contribution in [0.3, 0.4) is 0 Å². The van der Waals surface area contributed by atoms with Gasteiger partial charge < -0.3 is 44.5 Å². The van der Waals surface area contributed by atoms with Crippen LogP contribution >= 0.6 is 0 Å². The number of aliphatic hydroxyl groups excluding tert-OH is 5. The van der Waals surface area contributed by atoms with Crippen LogP contribution in [-0.4, -0.2) is 90.3 Å². The topological polar surface area (TPSA) is 138 Å². The second-order valence-electron chi connectivity index (χ2n) is 6.02. The summed E-state index contributed by atoms with van der Waals surface area (Å²) in [5.74, 6) is 0.584. The van der Waals surface area contributed by atoms with Crippen molar-refractivity contribution in [3.63, 3.8) is 0 Å². The summed E-state index contributed by atoms with van der Waals surface area (Å²) in [6, 6.07) is 5.15. The molecule has 1 heterocycles. The van der Waals surface area contributed by atoms with Crippen LogP contribution in [-0.2, 0) is 9.47 Å². The van der Waals surface area contributed by atoms with E-state index >= 15 is 0 Å². The van der Waals surface area contributed by atoms with Crippen LogP contribution in [0.5, 0.6) is 11.5 Å². The predicted octanol–water partition coefficient (Wildman–Crippen LogP) is -1.40. The third-order valence-corrected chi connectivity index (χ3v) is 4.41. The zero-order chi connectivity index (χ0) is 19.3. The first-order chi connectivity index (χ1) is 12.5. The van der Waals surface area contributed by atoms with Crippen molar-refractivity contribution >= 4 is 0 Å². The minimum Gasteiger partial charge on any atom is -0.493 e. The minimum atomic E-state index is -1.51. The van der Waals surface area contributed by atoms with Gasteiger partial charge in [0.05, 0.1) is 34.0 Å². The van der Waals surface area contributed by atoms with Crippen molar-refractivity contribution in [3.05, 3.63) is 23.8 Å². The van der Waals surface area contributed by atoms with Gasteiger partial charge in [-0.15, -0.1) is 0 Å². The molecule has 9 nitrogen and oxygen atoms in total. The molecule has 1 aromatic rings. The summed E-state index contributed by atoms with van der Waals surface area (Å²) >= 11 is 0. The van der Waals surface area contributed by atoms with Crippen LogP contribution in [0, 0.1) is 0 Å². The van der Waals surface area contributed by atoms with Gasteiger partial charge in [-0.2, -0.15) is 0 Å². The molecule has 0 aromatic heterocycles. The lowest BCUT2D eigenvalue weighted by Gasteiger charge is -2.40. The van der Waals surface area contributed by atoms with E-state index < -0.39 is 43.2 Å². The van der Waals surface area contributed by atoms with Crippen LogP contribution in [0.15, 0.2) is 18.2 Å². The van der Waals surface area contributed by atoms with Gasteiger partial charge in [-0.25, -0.2) is 0 Å². The third kappa shape index (κ3) is 4.44. The second-order valence-corrected chi connectivity index (χ2v) is 6.02. The highest BCUT2D eigenvalue weighted by Gasteiger charge is 2.44. The maximum Gasteiger partial charge on any atom is 0.186 e. The Labute approximate surface area is 151 Å². The summed E-state index contributed by atoms with van der Waals surface area (Å²) in [5, 5.41) is 48.4. The largest absolute Gasteiger partial charge is 0.493 e. The fourth-order valence-electron chi connectivity index (χ4n) is 2.78. The van der Waals surface area contributed by atoms with Gasteiger partial charge in [-0.1, -0.05) is 6.07 Å². The Morgan fingerprint density at radius 1 is 1.00 bits per heavy atom. The number of hydrogen-bond acceptors (Lipinski definition) is 9. The molecule has 148 valence electrons. The standard InChI is InChI=1S/C17H26O9/c1-23-11-4-3-9(5-12(11)24-2)10(6-18)8-25-17-16(22)15(21)14(20)13(7-19)26-17/h3-5,10,13-22H,6-8H2,1-2H3/t10?,13-,14-,15+,16-,17-/m1/s1. The molecule has 5 N–H and O–H groups in total. The summed E-state index contributed by atoms with van der Waals surface area (Å²) < 4.78 is 21.2. The van der Waals surface area contributed by atoms with E-state index in [9.17, 15) is 25.5 Å². The van der Waals surface area contributed by atoms with Crippen molar-refractivity contribution in [2.75, 3.05) is 34.0 Å². The third-order valence-electron chi connectivity index (χ3n) is 4.41. The van der Waals surface area contributed by atoms with Gasteiger partial charge in [0.1, 0.15) is 24.4 Å². The molecule has 26 heavy (non-hydrogen) atoms. The average molecular weight is 374 g/mol. The molecule has 9 heteroatoms. The van der Waals surface area contributed by atoms with Crippen LogP contribution in [0.2, 0.25) is 0 Å². The first kappa shape index (κ1) is 20.8. The quantitative estimate of drug-likeness (QED) is 0.372. The summed E-state index contributed by atoms with van der Waals surface area (Å²) in [4.78, 5) is 0. The molecule has 6 atom stereocenters. The van der Waals surface area contributed by atoms with E-state index in [1.54, 1.807) is 18.2 Å². The number of rotatable bonds is 8. The fraction of sp³-hybridized carbons (Fsp3) is 0.647. The number of aliphatic hydroxyl groups is 5. The molecule has 0 radical (unpaired) electrons. The molecule has 1 aliphatic rings. The lowest BCUT2D eigenvalue weighted by molar-refractivity contribution is -0.302. The summed E-state index contributed by atoms with van der Waals surface area (Å²) in [5.41, 5.74) is 0.717. The van der Waals surface area contributed by atoms with E-state index in [4.69, 9.17) is 18.9 Å². The average Bonchev–Trinajstić information content (AvgIpc) is 2.67. The molecule has 0 spiro atoms. The molecule has 1 aromatic carbocycles. The number of methoxy groups -OCH3 is 2. The molecule has 0 aliphatic carbocycles. The number of ether oxygens (including phenoxy) is 4. The van der Waals surface area contributed by atoms with Gasteiger partial charge in [0.2, 0.25) is 0 Å². The van der Waals surface area contributed by atoms with Crippen LogP contribution < -0.4 is 9.47 Å². The fourth-order valence-corrected chi connectivity index (χ4v) is 2.78. The molecule has 1 unspecified atom stereocenters. The minimum absolute atomic E-state index is 0.0331. The molecule has 2 rings (SSSR count). The van der Waals surface area contributed by atoms with Crippen molar-refractivity contribution in [2.24, 2.45) is 0 Å². The molecule has 1 fully saturated rings. The van der Waals surface area contributed by atoms with Crippen LogP contribution in [0.1, 0.15) is 11.5 Å². The smallest absolute Gasteiger partial charge is 0.186 e. The lowest BCUT2D eigenvalue weighted by atomic mass is 9.98. The molecule has 0 saturated carbocycles. The first-order valence-corrected chi connectivity index (χ1v) is 8.21. The number of hydrogen-bond donors (Lipinski definition) is 5. The van der Waals surface area contributed by atoms with Gasteiger partial charge >= 0.3 is 0 Å². The SMILES string of the molecule is COc1ccc(C(CO)CO[C@@H]2O[C@H](CO)[C@@H](O)[C@H](O)[C@H]2O)cc1OC. The van der Waals surface area contributed by atoms with Gasteiger partial charge in [-0.05, 0) is 17.7 Å². The highest BCUT2D eigenvalue weighted by molar-refractivity contribution is 5.44. The second kappa shape index (κ2) is 9.47. The van der Waals surface area contributed by atoms with Gasteiger partial charge in [0.15, 0.2) is 17.8 Å². The van der Waals surface area contributed by atoms with Gasteiger partial charge in [0, 0.05) is 5.92 Å². The Morgan fingerprint density at radius 2 is 1.69 bits per heavy atom. The Balaban J connectivity index is 2.06. The highest BCUT2D eigenvalue weighted by Crippen LogP contribution is 2.31. The van der Waals surface area contributed by atoms with Crippen molar-refractivity contribution < 1.29 is 44.5 Å². The van der Waals surface area contributed by atoms with Crippen LogP contribution in [0.4, 0.5) is 0 Å². The maximum absolute atomic E-state index is 9.99. The van der Waals surface area contributed by atoms with Crippen molar-refractivity contribution in [1.29, 1.82) is 0 Å². The van der Waals surface area contributed by atoms with Gasteiger partial charge in [-0.3, -0.25) is 0 Å². The summed E-state index contributed by atoms with van der Waals surface area (Å²) in [6.07, 6.45) is -6.75. The molecule has 0 bridgehead atoms. The lowest BCUT2D eigenvalue weighted by Crippen LogP contribution is -2.59. The monoisotopic (exact) mass is 374 g/mol. The highest BCUT2D eigenvalue weighted by atomic mass is 16.7. The Morgan fingerprint density at radius 3 is 2.27 bits per heavy atom. The van der Waals surface area contributed by atoms with E-state index in [1.165, 1.54) is 14.2 Å². The normalized spacial score (nSPS) is 30.0. The molecule has 0 amide bonds. The molecule has 1 aliphatic heterocycles. The first-order valence-electron chi connectivity index (χ1n) is 8.21. The van der Waals surface area contributed by atoms with E-state index in [0.29, 0.717) is 11.5 Å². The molecule has 1 saturated heterocycles. The molecular formula is C17H26O9. The molecular weight excluding hydrogens is 348 g/mol. The summed E-state index contributed by atoms with van der Waals surface area (Å²) in [6.45, 7) is -0.814. The van der Waals surface area contributed by atoms with E-state index in [2.05, 4.69) is 0 Å². The zero-order valence-corrected chi connectivity index (χ0v) is 14.7. The van der Waals surface area contributed by atoms with Crippen molar-refractivity contribution in [2.45, 2.75) is 36.6 Å². The van der Waals surface area contributed by atoms with Crippen molar-refractivity contribution in [1.82, 2.24) is 0 Å². The Hall–Kier alpha value is -1.46. The Bertz CT molecular complexity index is 565. The van der Waals surface area contributed by atoms with Gasteiger partial charge in [0.25, 0.3) is 0 Å². The number of benzene rings is 1. The predicted molar refractivity (Wildman–Crippen MR) is 89.1 cm³/mol. The van der Waals surface area contributed by atoms with Crippen molar-refractivity contribution in [3.8, 4) is 11.5 Å². The van der Waals surface area contributed by atoms with E-state index in [-0.39, 0.29) is 13.2 Å². The zero-order valence-electron chi connectivity index (χ0n) is 14.7. The maximum atomic E-state index is 9.99. The summed E-state index contributed by atoms with van der Waals surface area (Å²) in [7, 11) is 3.02. The Kier molecular flexibility index (Phi) is 7.59. The van der Waals surface area contributed by atoms with E-state index in [0.717, 1.165) is 5.56 Å².